The summed E-state index contributed by atoms with van der Waals surface area (Å²) in [4.78, 5) is 0. The molecule has 0 aromatic rings. The smallest absolute Gasteiger partial charge is 0.852 e. The molecular weight excluding hydrogens is 195 g/mol. The van der Waals surface area contributed by atoms with E-state index in [1.165, 1.54) is 0 Å². The number of hydrogen-bond acceptors (Lipinski definition) is 4. The zero-order chi connectivity index (χ0) is 8.57. The molecule has 0 aliphatic rings. The quantitative estimate of drug-likeness (QED) is 0.333. The van der Waals surface area contributed by atoms with Crippen molar-refractivity contribution in [2.24, 2.45) is 11.5 Å². The minimum atomic E-state index is -0.750. The van der Waals surface area contributed by atoms with Gasteiger partial charge in [-0.05, 0) is 19.1 Å². The Balaban J connectivity index is -0.000000114. The van der Waals surface area contributed by atoms with Crippen LogP contribution in [0.1, 0.15) is 6.92 Å². The van der Waals surface area contributed by atoms with Crippen LogP contribution in [0.2, 0.25) is 0 Å². The molecule has 11 heavy (non-hydrogen) atoms. The van der Waals surface area contributed by atoms with Crippen molar-refractivity contribution >= 4 is 34.8 Å². The SMILES string of the molecule is CCOC(N)=S.NC([O-])=S.[Na+]. The first-order valence-electron chi connectivity index (χ1n) is 2.39. The second-order valence-electron chi connectivity index (χ2n) is 1.07. The largest absolute Gasteiger partial charge is 1.00 e. The Morgan fingerprint density at radius 3 is 1.73 bits per heavy atom. The minimum absolute atomic E-state index is 0. The van der Waals surface area contributed by atoms with Gasteiger partial charge in [-0.25, -0.2) is 0 Å². The molecule has 0 amide bonds. The third-order valence-corrected chi connectivity index (χ3v) is 0.404. The van der Waals surface area contributed by atoms with Crippen LogP contribution in [0.25, 0.3) is 0 Å². The molecule has 0 aromatic heterocycles. The van der Waals surface area contributed by atoms with Gasteiger partial charge in [0.15, 0.2) is 0 Å². The molecule has 7 heteroatoms. The summed E-state index contributed by atoms with van der Waals surface area (Å²) in [6.07, 6.45) is 0. The Labute approximate surface area is 98.6 Å². The van der Waals surface area contributed by atoms with Crippen LogP contribution in [0.4, 0.5) is 0 Å². The molecule has 0 aliphatic carbocycles. The van der Waals surface area contributed by atoms with Gasteiger partial charge in [-0.2, -0.15) is 0 Å². The van der Waals surface area contributed by atoms with Gasteiger partial charge in [-0.1, -0.05) is 12.2 Å². The summed E-state index contributed by atoms with van der Waals surface area (Å²) < 4.78 is 4.55. The number of nitrogens with two attached hydrogens (primary N) is 2. The molecule has 0 bridgehead atoms. The maximum atomic E-state index is 9.04. The fourth-order valence-electron chi connectivity index (χ4n) is 0.142. The fraction of sp³-hybridized carbons (Fsp3) is 0.500. The van der Waals surface area contributed by atoms with E-state index in [1.54, 1.807) is 0 Å². The first kappa shape index (κ1) is 17.5. The van der Waals surface area contributed by atoms with E-state index in [0.717, 1.165) is 0 Å². The van der Waals surface area contributed by atoms with E-state index in [4.69, 9.17) is 10.8 Å². The van der Waals surface area contributed by atoms with E-state index in [0.29, 0.717) is 6.61 Å². The average molecular weight is 204 g/mol. The monoisotopic (exact) mass is 204 g/mol. The second-order valence-corrected chi connectivity index (χ2v) is 1.88. The Hall–Kier alpha value is 0.380. The van der Waals surface area contributed by atoms with Crippen molar-refractivity contribution in [3.63, 3.8) is 0 Å². The van der Waals surface area contributed by atoms with Gasteiger partial charge in [-0.3, -0.25) is 0 Å². The van der Waals surface area contributed by atoms with Gasteiger partial charge in [0, 0.05) is 5.17 Å². The van der Waals surface area contributed by atoms with Crippen molar-refractivity contribution in [1.29, 1.82) is 0 Å². The summed E-state index contributed by atoms with van der Waals surface area (Å²) in [6.45, 7) is 2.40. The van der Waals surface area contributed by atoms with Crippen molar-refractivity contribution in [3.05, 3.63) is 0 Å². The standard InChI is InChI=1S/C3H7NOS.CH3NOS.Na/c1-2-5-3(4)6;2-1(3)4;/h2H2,1H3,(H2,4,6);(H3,2,3,4);/q;;+1/p-1. The molecule has 0 rings (SSSR count). The second kappa shape index (κ2) is 13.0. The molecule has 0 atom stereocenters. The average Bonchev–Trinajstić information content (AvgIpc) is 1.62. The zero-order valence-corrected chi connectivity index (χ0v) is 10.1. The summed E-state index contributed by atoms with van der Waals surface area (Å²) in [5.74, 6) is 0. The summed E-state index contributed by atoms with van der Waals surface area (Å²) in [6, 6.07) is 0. The van der Waals surface area contributed by atoms with Gasteiger partial charge in [0.1, 0.15) is 0 Å². The Morgan fingerprint density at radius 2 is 1.73 bits per heavy atom. The first-order chi connectivity index (χ1) is 4.50. The van der Waals surface area contributed by atoms with Crippen LogP contribution < -0.4 is 46.1 Å². The first-order valence-corrected chi connectivity index (χ1v) is 3.21. The minimum Gasteiger partial charge on any atom is -0.852 e. The maximum Gasteiger partial charge on any atom is 1.00 e. The molecule has 4 nitrogen and oxygen atoms in total. The van der Waals surface area contributed by atoms with E-state index in [1.807, 2.05) is 6.92 Å². The third-order valence-electron chi connectivity index (χ3n) is 0.287. The molecule has 0 unspecified atom stereocenters. The molecule has 0 aliphatic heterocycles. The topological polar surface area (TPSA) is 84.3 Å². The number of ether oxygens (including phenoxy) is 1. The molecule has 0 spiro atoms. The predicted molar refractivity (Wildman–Crippen MR) is 45.2 cm³/mol. The molecule has 0 fully saturated rings. The van der Waals surface area contributed by atoms with E-state index >= 15 is 0 Å². The normalized spacial score (nSPS) is 6.27. The molecule has 0 heterocycles. The number of hydrogen-bond donors (Lipinski definition) is 2. The van der Waals surface area contributed by atoms with Crippen LogP contribution in [0.15, 0.2) is 0 Å². The molecule has 0 aromatic carbocycles. The van der Waals surface area contributed by atoms with Crippen molar-refractivity contribution in [1.82, 2.24) is 0 Å². The van der Waals surface area contributed by atoms with Crippen molar-refractivity contribution in [3.8, 4) is 0 Å². The molecular formula is C4H9N2NaO2S2. The Kier molecular flexibility index (Phi) is 20.6. The van der Waals surface area contributed by atoms with Crippen molar-refractivity contribution < 1.29 is 39.4 Å². The zero-order valence-electron chi connectivity index (χ0n) is 6.49. The molecule has 0 saturated carbocycles. The molecule has 60 valence electrons. The molecule has 4 N–H and O–H groups in total. The molecule has 0 saturated heterocycles. The van der Waals surface area contributed by atoms with Crippen molar-refractivity contribution in [2.45, 2.75) is 6.92 Å². The Bertz CT molecular complexity index is 119. The van der Waals surface area contributed by atoms with Crippen LogP contribution >= 0.6 is 24.4 Å². The van der Waals surface area contributed by atoms with Gasteiger partial charge in [0.25, 0.3) is 5.17 Å². The third kappa shape index (κ3) is 63.8. The van der Waals surface area contributed by atoms with Gasteiger partial charge < -0.3 is 21.3 Å². The van der Waals surface area contributed by atoms with Gasteiger partial charge in [0.05, 0.1) is 6.61 Å². The summed E-state index contributed by atoms with van der Waals surface area (Å²) in [5.41, 5.74) is 9.20. The summed E-state index contributed by atoms with van der Waals surface area (Å²) in [5, 5.41) is 8.41. The number of rotatable bonds is 1. The van der Waals surface area contributed by atoms with E-state index in [2.05, 4.69) is 34.9 Å². The van der Waals surface area contributed by atoms with Crippen LogP contribution in [-0.2, 0) is 4.74 Å². The summed E-state index contributed by atoms with van der Waals surface area (Å²) in [7, 11) is 0. The van der Waals surface area contributed by atoms with Crippen LogP contribution in [0.5, 0.6) is 0 Å². The van der Waals surface area contributed by atoms with Crippen LogP contribution in [0, 0.1) is 0 Å². The fourth-order valence-corrected chi connectivity index (χ4v) is 0.260. The van der Waals surface area contributed by atoms with Gasteiger partial charge in [0.2, 0.25) is 0 Å². The number of thiocarbonyl (C=S) groups is 2. The molecule has 0 radical (unpaired) electrons. The van der Waals surface area contributed by atoms with Gasteiger partial charge >= 0.3 is 29.6 Å². The predicted octanol–water partition coefficient (Wildman–Crippen LogP) is -4.14. The maximum absolute atomic E-state index is 9.04. The van der Waals surface area contributed by atoms with E-state index < -0.39 is 5.17 Å². The van der Waals surface area contributed by atoms with E-state index in [9.17, 15) is 0 Å². The van der Waals surface area contributed by atoms with Crippen molar-refractivity contribution in [2.75, 3.05) is 6.61 Å². The Morgan fingerprint density at radius 1 is 1.45 bits per heavy atom. The summed E-state index contributed by atoms with van der Waals surface area (Å²) >= 11 is 8.11. The van der Waals surface area contributed by atoms with Crippen LogP contribution in [0.3, 0.4) is 0 Å². The van der Waals surface area contributed by atoms with E-state index in [-0.39, 0.29) is 34.7 Å². The van der Waals surface area contributed by atoms with Gasteiger partial charge in [-0.15, -0.1) is 0 Å². The van der Waals surface area contributed by atoms with Crippen LogP contribution in [-0.4, -0.2) is 17.0 Å².